The quantitative estimate of drug-likeness (QED) is 0.455. The fourth-order valence-electron chi connectivity index (χ4n) is 3.92. The van der Waals surface area contributed by atoms with E-state index in [1.807, 2.05) is 42.5 Å². The molecule has 28 heavy (non-hydrogen) atoms. The Morgan fingerprint density at radius 2 is 1.39 bits per heavy atom. The van der Waals surface area contributed by atoms with Crippen LogP contribution in [0.5, 0.6) is 0 Å². The SMILES string of the molecule is Cn1c(=O)c2c(-c3ccccc3)c3c(nc2n(C)c1=O)-c1ccccc1C3=O. The van der Waals surface area contributed by atoms with Crippen LogP contribution in [0, 0.1) is 0 Å². The minimum absolute atomic E-state index is 0.158. The van der Waals surface area contributed by atoms with Crippen molar-refractivity contribution in [1.29, 1.82) is 0 Å². The first kappa shape index (κ1) is 16.4. The zero-order valence-corrected chi connectivity index (χ0v) is 15.3. The molecule has 4 aromatic rings. The predicted octanol–water partition coefficient (Wildman–Crippen LogP) is 2.51. The van der Waals surface area contributed by atoms with Gasteiger partial charge in [-0.05, 0) is 5.56 Å². The van der Waals surface area contributed by atoms with Gasteiger partial charge in [0, 0.05) is 30.8 Å². The highest BCUT2D eigenvalue weighted by atomic mass is 16.2. The first-order valence-corrected chi connectivity index (χ1v) is 8.84. The first-order chi connectivity index (χ1) is 13.5. The number of pyridine rings is 1. The van der Waals surface area contributed by atoms with Crippen molar-refractivity contribution in [2.24, 2.45) is 14.1 Å². The summed E-state index contributed by atoms with van der Waals surface area (Å²) in [6, 6.07) is 16.5. The number of fused-ring (bicyclic) bond motifs is 4. The van der Waals surface area contributed by atoms with Crippen molar-refractivity contribution < 1.29 is 4.79 Å². The number of hydrogen-bond acceptors (Lipinski definition) is 4. The Balaban J connectivity index is 2.09. The van der Waals surface area contributed by atoms with Crippen molar-refractivity contribution in [3.05, 3.63) is 86.6 Å². The van der Waals surface area contributed by atoms with E-state index in [9.17, 15) is 14.4 Å². The zero-order chi connectivity index (χ0) is 19.6. The molecule has 2 aromatic heterocycles. The van der Waals surface area contributed by atoms with Gasteiger partial charge < -0.3 is 0 Å². The molecule has 0 spiro atoms. The molecular formula is C22H15N3O3. The van der Waals surface area contributed by atoms with Crippen LogP contribution >= 0.6 is 0 Å². The summed E-state index contributed by atoms with van der Waals surface area (Å²) in [6.45, 7) is 0. The predicted molar refractivity (Wildman–Crippen MR) is 107 cm³/mol. The van der Waals surface area contributed by atoms with Crippen molar-refractivity contribution in [2.75, 3.05) is 0 Å². The number of hydrogen-bond donors (Lipinski definition) is 0. The smallest absolute Gasteiger partial charge is 0.288 e. The summed E-state index contributed by atoms with van der Waals surface area (Å²) >= 11 is 0. The molecule has 1 aliphatic rings. The van der Waals surface area contributed by atoms with E-state index in [1.165, 1.54) is 11.6 Å². The highest BCUT2D eigenvalue weighted by Crippen LogP contribution is 2.42. The largest absolute Gasteiger partial charge is 0.332 e. The molecule has 136 valence electrons. The van der Waals surface area contributed by atoms with Gasteiger partial charge in [0.1, 0.15) is 0 Å². The van der Waals surface area contributed by atoms with Crippen LogP contribution in [0.1, 0.15) is 15.9 Å². The van der Waals surface area contributed by atoms with Gasteiger partial charge in [-0.1, -0.05) is 54.6 Å². The molecule has 0 aliphatic heterocycles. The van der Waals surface area contributed by atoms with Crippen molar-refractivity contribution in [2.45, 2.75) is 0 Å². The van der Waals surface area contributed by atoms with E-state index < -0.39 is 11.2 Å². The number of aryl methyl sites for hydroxylation is 1. The molecule has 0 amide bonds. The van der Waals surface area contributed by atoms with E-state index in [2.05, 4.69) is 4.98 Å². The second-order valence-corrected chi connectivity index (χ2v) is 6.86. The first-order valence-electron chi connectivity index (χ1n) is 8.84. The Bertz CT molecular complexity index is 1430. The van der Waals surface area contributed by atoms with Gasteiger partial charge in [-0.15, -0.1) is 0 Å². The number of aromatic nitrogens is 3. The minimum Gasteiger partial charge on any atom is -0.288 e. The number of carbonyl (C=O) groups excluding carboxylic acids is 1. The van der Waals surface area contributed by atoms with Crippen LogP contribution in [0.4, 0.5) is 0 Å². The number of benzene rings is 2. The fraction of sp³-hybridized carbons (Fsp3) is 0.0909. The summed E-state index contributed by atoms with van der Waals surface area (Å²) in [5.74, 6) is -0.158. The fourth-order valence-corrected chi connectivity index (χ4v) is 3.92. The Labute approximate surface area is 159 Å². The van der Waals surface area contributed by atoms with Crippen molar-refractivity contribution in [3.63, 3.8) is 0 Å². The zero-order valence-electron chi connectivity index (χ0n) is 15.3. The maximum absolute atomic E-state index is 13.3. The molecule has 0 saturated carbocycles. The number of carbonyl (C=O) groups is 1. The van der Waals surface area contributed by atoms with E-state index in [0.717, 1.165) is 15.7 Å². The van der Waals surface area contributed by atoms with E-state index in [-0.39, 0.29) is 16.8 Å². The molecule has 0 unspecified atom stereocenters. The summed E-state index contributed by atoms with van der Waals surface area (Å²) in [4.78, 5) is 43.4. The highest BCUT2D eigenvalue weighted by Gasteiger charge is 2.33. The Hall–Kier alpha value is -3.80. The molecule has 0 N–H and O–H groups in total. The lowest BCUT2D eigenvalue weighted by molar-refractivity contribution is 0.104. The second kappa shape index (κ2) is 5.60. The average molecular weight is 369 g/mol. The van der Waals surface area contributed by atoms with Gasteiger partial charge in [0.05, 0.1) is 16.6 Å². The molecular weight excluding hydrogens is 354 g/mol. The maximum atomic E-state index is 13.3. The lowest BCUT2D eigenvalue weighted by atomic mass is 9.95. The summed E-state index contributed by atoms with van der Waals surface area (Å²) in [5, 5.41) is 0.274. The van der Waals surface area contributed by atoms with Gasteiger partial charge in [0.25, 0.3) is 5.56 Å². The Morgan fingerprint density at radius 1 is 0.750 bits per heavy atom. The van der Waals surface area contributed by atoms with Crippen LogP contribution in [0.2, 0.25) is 0 Å². The van der Waals surface area contributed by atoms with Crippen LogP contribution in [0.15, 0.2) is 64.2 Å². The van der Waals surface area contributed by atoms with Gasteiger partial charge in [-0.2, -0.15) is 0 Å². The minimum atomic E-state index is -0.462. The van der Waals surface area contributed by atoms with Gasteiger partial charge in [0.2, 0.25) is 0 Å². The van der Waals surface area contributed by atoms with E-state index in [0.29, 0.717) is 22.4 Å². The van der Waals surface area contributed by atoms with Gasteiger partial charge in [0.15, 0.2) is 11.4 Å². The number of ketones is 1. The standard InChI is InChI=1S/C22H15N3O3/c1-24-20-17(21(27)25(2)22(24)28)15(12-8-4-3-5-9-12)16-18(23-20)13-10-6-7-11-14(13)19(16)26/h3-11H,1-2H3. The lowest BCUT2D eigenvalue weighted by Gasteiger charge is -2.14. The molecule has 0 bridgehead atoms. The topological polar surface area (TPSA) is 74.0 Å². The third kappa shape index (κ3) is 1.97. The molecule has 1 aliphatic carbocycles. The molecule has 6 heteroatoms. The van der Waals surface area contributed by atoms with Gasteiger partial charge >= 0.3 is 5.69 Å². The van der Waals surface area contributed by atoms with Crippen molar-refractivity contribution in [3.8, 4) is 22.4 Å². The third-order valence-electron chi connectivity index (χ3n) is 5.30. The molecule has 0 fully saturated rings. The van der Waals surface area contributed by atoms with Crippen LogP contribution in [0.3, 0.4) is 0 Å². The van der Waals surface area contributed by atoms with E-state index in [4.69, 9.17) is 0 Å². The van der Waals surface area contributed by atoms with Crippen LogP contribution < -0.4 is 11.2 Å². The molecule has 6 nitrogen and oxygen atoms in total. The molecule has 0 saturated heterocycles. The summed E-state index contributed by atoms with van der Waals surface area (Å²) in [5.41, 5.74) is 2.81. The van der Waals surface area contributed by atoms with Crippen LogP contribution in [-0.2, 0) is 14.1 Å². The number of nitrogens with zero attached hydrogens (tertiary/aromatic N) is 3. The summed E-state index contributed by atoms with van der Waals surface area (Å²) in [6.07, 6.45) is 0. The van der Waals surface area contributed by atoms with Gasteiger partial charge in [-0.25, -0.2) is 9.78 Å². The molecule has 0 atom stereocenters. The maximum Gasteiger partial charge on any atom is 0.332 e. The molecule has 2 heterocycles. The second-order valence-electron chi connectivity index (χ2n) is 6.86. The van der Waals surface area contributed by atoms with Crippen molar-refractivity contribution in [1.82, 2.24) is 14.1 Å². The third-order valence-corrected chi connectivity index (χ3v) is 5.30. The van der Waals surface area contributed by atoms with Crippen LogP contribution in [-0.4, -0.2) is 19.9 Å². The summed E-state index contributed by atoms with van der Waals surface area (Å²) in [7, 11) is 3.02. The Kier molecular flexibility index (Phi) is 3.27. The van der Waals surface area contributed by atoms with Gasteiger partial charge in [-0.3, -0.25) is 18.7 Å². The van der Waals surface area contributed by atoms with E-state index >= 15 is 0 Å². The monoisotopic (exact) mass is 369 g/mol. The van der Waals surface area contributed by atoms with Crippen LogP contribution in [0.25, 0.3) is 33.4 Å². The van der Waals surface area contributed by atoms with E-state index in [1.54, 1.807) is 19.2 Å². The number of rotatable bonds is 1. The Morgan fingerprint density at radius 3 is 2.11 bits per heavy atom. The molecule has 5 rings (SSSR count). The molecule has 0 radical (unpaired) electrons. The van der Waals surface area contributed by atoms with Crippen molar-refractivity contribution >= 4 is 16.8 Å². The normalized spacial score (nSPS) is 12.3. The molecule has 2 aromatic carbocycles. The highest BCUT2D eigenvalue weighted by molar-refractivity contribution is 6.26. The summed E-state index contributed by atoms with van der Waals surface area (Å²) < 4.78 is 2.41. The average Bonchev–Trinajstić information content (AvgIpc) is 3.02. The lowest BCUT2D eigenvalue weighted by Crippen LogP contribution is -2.37.